The molecule has 0 radical (unpaired) electrons. The van der Waals surface area contributed by atoms with Gasteiger partial charge in [-0.15, -0.1) is 0 Å². The molecule has 0 aromatic heterocycles. The van der Waals surface area contributed by atoms with E-state index < -0.39 is 0 Å². The topological polar surface area (TPSA) is 25.3 Å². The van der Waals surface area contributed by atoms with Crippen LogP contribution in [0.4, 0.5) is 0 Å². The van der Waals surface area contributed by atoms with E-state index in [0.717, 1.165) is 49.9 Å². The van der Waals surface area contributed by atoms with Crippen molar-refractivity contribution in [3.63, 3.8) is 0 Å². The van der Waals surface area contributed by atoms with E-state index in [0.29, 0.717) is 0 Å². The molecular formula is C57H94N2. The summed E-state index contributed by atoms with van der Waals surface area (Å²) < 4.78 is 1.71. The smallest absolute Gasteiger partial charge is 0.211 e. The van der Waals surface area contributed by atoms with Gasteiger partial charge >= 0.3 is 0 Å². The fourth-order valence-electron chi connectivity index (χ4n) is 9.48. The van der Waals surface area contributed by atoms with Crippen LogP contribution in [0.2, 0.25) is 0 Å². The lowest BCUT2D eigenvalue weighted by molar-refractivity contribution is -0.345. The summed E-state index contributed by atoms with van der Waals surface area (Å²) in [6, 6.07) is 14.8. The second kappa shape index (κ2) is 32.3. The molecule has 0 N–H and O–H groups in total. The zero-order valence-corrected chi connectivity index (χ0v) is 40.1. The van der Waals surface area contributed by atoms with E-state index >= 15 is 0 Å². The van der Waals surface area contributed by atoms with Gasteiger partial charge in [0.1, 0.15) is 0 Å². The van der Waals surface area contributed by atoms with Crippen molar-refractivity contribution < 1.29 is 4.70 Å². The molecule has 1 heterocycles. The third-order valence-corrected chi connectivity index (χ3v) is 13.1. The first-order valence-electron chi connectivity index (χ1n) is 26.2. The first kappa shape index (κ1) is 50.9. The lowest BCUT2D eigenvalue weighted by Gasteiger charge is -2.15. The van der Waals surface area contributed by atoms with Crippen LogP contribution in [0.15, 0.2) is 47.5 Å². The number of hydrogen-bond acceptors (Lipinski definition) is 0. The normalized spacial score (nSPS) is 13.2. The molecule has 1 aliphatic rings. The lowest BCUT2D eigenvalue weighted by Crippen LogP contribution is -2.05. The van der Waals surface area contributed by atoms with Gasteiger partial charge in [0.05, 0.1) is 0 Å². The second-order valence-corrected chi connectivity index (χ2v) is 18.7. The molecule has 0 saturated carbocycles. The van der Waals surface area contributed by atoms with Crippen LogP contribution < -0.4 is 0 Å². The van der Waals surface area contributed by atoms with Crippen LogP contribution in [0.3, 0.4) is 0 Å². The third kappa shape index (κ3) is 19.4. The second-order valence-electron chi connectivity index (χ2n) is 18.7. The van der Waals surface area contributed by atoms with Crippen LogP contribution in [0.1, 0.15) is 274 Å². The molecule has 2 aromatic rings. The molecule has 59 heavy (non-hydrogen) atoms. The van der Waals surface area contributed by atoms with Gasteiger partial charge in [-0.25, -0.2) is 4.70 Å². The van der Waals surface area contributed by atoms with Crippen molar-refractivity contribution in [2.45, 2.75) is 266 Å². The highest BCUT2D eigenvalue weighted by molar-refractivity contribution is 5.82. The Bertz CT molecular complexity index is 1490. The lowest BCUT2D eigenvalue weighted by atomic mass is 9.89. The Morgan fingerprint density at radius 2 is 0.525 bits per heavy atom. The van der Waals surface area contributed by atoms with Crippen LogP contribution in [-0.2, 0) is 25.7 Å². The Morgan fingerprint density at radius 3 is 0.847 bits per heavy atom. The molecule has 0 saturated heterocycles. The Balaban J connectivity index is 1.94. The molecule has 0 spiro atoms. The Kier molecular flexibility index (Phi) is 27.8. The van der Waals surface area contributed by atoms with Gasteiger partial charge in [-0.2, -0.15) is 0 Å². The van der Waals surface area contributed by atoms with Gasteiger partial charge in [0.25, 0.3) is 0 Å². The first-order valence-corrected chi connectivity index (χ1v) is 26.2. The van der Waals surface area contributed by atoms with Crippen molar-refractivity contribution in [1.82, 2.24) is 0 Å². The molecule has 0 atom stereocenters. The minimum Gasteiger partial charge on any atom is -0.493 e. The highest BCUT2D eigenvalue weighted by Crippen LogP contribution is 2.45. The molecule has 1 aliphatic heterocycles. The predicted octanol–water partition coefficient (Wildman–Crippen LogP) is 19.2. The summed E-state index contributed by atoms with van der Waals surface area (Å²) in [6.45, 7) is 13.9. The molecule has 0 unspecified atom stereocenters. The van der Waals surface area contributed by atoms with Crippen molar-refractivity contribution in [2.24, 2.45) is 0 Å². The van der Waals surface area contributed by atoms with Crippen LogP contribution in [-0.4, -0.2) is 4.70 Å². The molecule has 332 valence electrons. The zero-order chi connectivity index (χ0) is 42.3. The van der Waals surface area contributed by atoms with Gasteiger partial charge in [0, 0.05) is 22.3 Å². The number of hydrogen-bond donors (Lipinski definition) is 0. The number of nitrogens with zero attached hydrogens (tertiary/aromatic N) is 2. The zero-order valence-electron chi connectivity index (χ0n) is 40.1. The van der Waals surface area contributed by atoms with E-state index in [9.17, 15) is 5.53 Å². The molecular weight excluding hydrogens is 713 g/mol. The number of unbranched alkanes of at least 4 members (excludes halogenated alkanes) is 23. The number of benzene rings is 2. The van der Waals surface area contributed by atoms with Gasteiger partial charge in [0.15, 0.2) is 0 Å². The molecule has 2 nitrogen and oxygen atoms in total. The van der Waals surface area contributed by atoms with E-state index in [1.807, 2.05) is 0 Å². The van der Waals surface area contributed by atoms with Crippen LogP contribution in [0, 0.1) is 0 Å². The quantitative estimate of drug-likeness (QED) is 0.0480. The van der Waals surface area contributed by atoms with Gasteiger partial charge in [0.2, 0.25) is 11.4 Å². The number of aryl methyl sites for hydroxylation is 4. The van der Waals surface area contributed by atoms with Gasteiger partial charge in [-0.1, -0.05) is 201 Å². The maximum atomic E-state index is 12.8. The SMILES string of the molecule is CCCCCCCCCCCCCCCCCC1=C(c2cc(CCCC)cc(CCCCC)c2)[N+](=[N-])C(c2cc(CCCC)cc(CCCCC)c2)=C1CCCCCC. The highest BCUT2D eigenvalue weighted by Gasteiger charge is 2.36. The van der Waals surface area contributed by atoms with Crippen molar-refractivity contribution in [1.29, 1.82) is 0 Å². The summed E-state index contributed by atoms with van der Waals surface area (Å²) in [6.07, 6.45) is 44.7. The molecule has 0 aliphatic carbocycles. The third-order valence-electron chi connectivity index (χ3n) is 13.1. The molecule has 2 aromatic carbocycles. The number of allylic oxidation sites excluding steroid dienone is 2. The summed E-state index contributed by atoms with van der Waals surface area (Å²) >= 11 is 0. The molecule has 0 bridgehead atoms. The monoisotopic (exact) mass is 807 g/mol. The van der Waals surface area contributed by atoms with Crippen molar-refractivity contribution >= 4 is 11.4 Å². The standard InChI is InChI=1S/C57H94N2/c1-7-13-19-21-22-23-24-25-26-27-28-29-30-31-35-41-55-54(40-34-20-14-8-2)56(52-44-48(36-17-11-5)42-50(46-52)38-32-15-9-3)59(58)57(55)53-45-49(37-18-12-6)43-51(47-53)39-33-16-10-4/h42-47H,7-41H2,1-6H3. The average molecular weight is 807 g/mol. The summed E-state index contributed by atoms with van der Waals surface area (Å²) in [5, 5.41) is 0. The van der Waals surface area contributed by atoms with Crippen LogP contribution in [0.25, 0.3) is 16.9 Å². The molecule has 0 fully saturated rings. The maximum absolute atomic E-state index is 12.8. The summed E-state index contributed by atoms with van der Waals surface area (Å²) in [5.41, 5.74) is 26.1. The maximum Gasteiger partial charge on any atom is 0.211 e. The highest BCUT2D eigenvalue weighted by atomic mass is 15.2. The molecule has 2 heteroatoms. The van der Waals surface area contributed by atoms with Crippen molar-refractivity contribution in [2.75, 3.05) is 0 Å². The van der Waals surface area contributed by atoms with Crippen LogP contribution in [0.5, 0.6) is 0 Å². The summed E-state index contributed by atoms with van der Waals surface area (Å²) in [7, 11) is 0. The largest absolute Gasteiger partial charge is 0.493 e. The predicted molar refractivity (Wildman–Crippen MR) is 262 cm³/mol. The Morgan fingerprint density at radius 1 is 0.288 bits per heavy atom. The van der Waals surface area contributed by atoms with E-state index in [4.69, 9.17) is 0 Å². The van der Waals surface area contributed by atoms with E-state index in [1.165, 1.54) is 231 Å². The minimum atomic E-state index is 1.05. The number of rotatable bonds is 37. The van der Waals surface area contributed by atoms with Gasteiger partial charge in [-0.05, 0) is 124 Å². The molecule has 3 rings (SSSR count). The van der Waals surface area contributed by atoms with E-state index in [2.05, 4.69) is 77.9 Å². The summed E-state index contributed by atoms with van der Waals surface area (Å²) in [5.74, 6) is 0. The van der Waals surface area contributed by atoms with E-state index in [-0.39, 0.29) is 0 Å². The van der Waals surface area contributed by atoms with Gasteiger partial charge < -0.3 is 5.53 Å². The fourth-order valence-corrected chi connectivity index (χ4v) is 9.48. The van der Waals surface area contributed by atoms with Gasteiger partial charge in [-0.3, -0.25) is 0 Å². The van der Waals surface area contributed by atoms with Crippen molar-refractivity contribution in [3.05, 3.63) is 86.5 Å². The van der Waals surface area contributed by atoms with E-state index in [1.54, 1.807) is 4.70 Å². The summed E-state index contributed by atoms with van der Waals surface area (Å²) in [4.78, 5) is 0. The fraction of sp³-hybridized carbons (Fsp3) is 0.719. The Labute approximate surface area is 367 Å². The molecule has 0 amide bonds. The Hall–Kier alpha value is -2.48. The van der Waals surface area contributed by atoms with Crippen LogP contribution >= 0.6 is 0 Å². The van der Waals surface area contributed by atoms with Crippen molar-refractivity contribution in [3.8, 4) is 0 Å². The first-order chi connectivity index (χ1) is 29.0. The minimum absolute atomic E-state index is 1.05. The average Bonchev–Trinajstić information content (AvgIpc) is 3.52.